The average molecular weight is 327 g/mol. The van der Waals surface area contributed by atoms with Gasteiger partial charge in [-0.1, -0.05) is 26.7 Å². The average Bonchev–Trinajstić information content (AvgIpc) is 2.31. The van der Waals surface area contributed by atoms with Gasteiger partial charge < -0.3 is 10.6 Å². The number of piperidine rings is 1. The Morgan fingerprint density at radius 3 is 2.65 bits per heavy atom. The summed E-state index contributed by atoms with van der Waals surface area (Å²) in [6.07, 6.45) is 3.53. The lowest BCUT2D eigenvalue weighted by atomic mass is 9.95. The number of rotatable bonds is 7. The summed E-state index contributed by atoms with van der Waals surface area (Å²) < 4.78 is 23.5. The second-order valence-corrected chi connectivity index (χ2v) is 7.63. The molecule has 1 aliphatic rings. The van der Waals surface area contributed by atoms with Crippen LogP contribution in [0.1, 0.15) is 39.5 Å². The lowest BCUT2D eigenvalue weighted by Gasteiger charge is -2.30. The highest BCUT2D eigenvalue weighted by atomic mass is 35.5. The Hall–Kier alpha value is -0.330. The molecule has 0 spiro atoms. The Balaban J connectivity index is 0.00000361. The Bertz CT molecular complexity index is 387. The summed E-state index contributed by atoms with van der Waals surface area (Å²) in [5.74, 6) is -0.225. The number of nitrogens with one attached hydrogen (secondary N) is 2. The van der Waals surface area contributed by atoms with E-state index in [1.54, 1.807) is 0 Å². The molecule has 0 aromatic carbocycles. The van der Waals surface area contributed by atoms with Crippen LogP contribution in [0, 0.1) is 5.92 Å². The lowest BCUT2D eigenvalue weighted by Crippen LogP contribution is -2.51. The molecule has 0 bridgehead atoms. The van der Waals surface area contributed by atoms with Gasteiger partial charge in [-0.25, -0.2) is 8.42 Å². The van der Waals surface area contributed by atoms with E-state index in [4.69, 9.17) is 0 Å². The third kappa shape index (κ3) is 7.45. The first-order chi connectivity index (χ1) is 8.94. The summed E-state index contributed by atoms with van der Waals surface area (Å²) in [5.41, 5.74) is 0. The summed E-state index contributed by atoms with van der Waals surface area (Å²) in [5, 5.41) is 6.05. The zero-order chi connectivity index (χ0) is 14.3. The van der Waals surface area contributed by atoms with Crippen molar-refractivity contribution in [2.24, 2.45) is 5.92 Å². The maximum Gasteiger partial charge on any atom is 0.235 e. The van der Waals surface area contributed by atoms with Gasteiger partial charge in [0.2, 0.25) is 5.91 Å². The molecule has 1 heterocycles. The molecular formula is C13H27ClN2O3S. The molecule has 120 valence electrons. The van der Waals surface area contributed by atoms with E-state index < -0.39 is 9.84 Å². The second kappa shape index (κ2) is 9.58. The minimum atomic E-state index is -3.25. The maximum absolute atomic E-state index is 11.8. The van der Waals surface area contributed by atoms with Crippen LogP contribution in [0.3, 0.4) is 0 Å². The van der Waals surface area contributed by atoms with E-state index in [0.29, 0.717) is 12.3 Å². The monoisotopic (exact) mass is 326 g/mol. The molecule has 1 saturated heterocycles. The standard InChI is InChI=1S/C13H26N2O3S.ClH/c1-3-4-5-8-19(17,18)10-13(16)15-12-9-14-7-6-11(12)2;/h11-12,14H,3-10H2,1-2H3,(H,15,16);1H. The molecule has 0 aromatic rings. The number of halogens is 1. The van der Waals surface area contributed by atoms with Crippen LogP contribution < -0.4 is 10.6 Å². The van der Waals surface area contributed by atoms with E-state index in [1.165, 1.54) is 0 Å². The number of unbranched alkanes of at least 4 members (excludes halogenated alkanes) is 2. The van der Waals surface area contributed by atoms with Crippen LogP contribution in [0.2, 0.25) is 0 Å². The van der Waals surface area contributed by atoms with Gasteiger partial charge in [-0.3, -0.25) is 4.79 Å². The van der Waals surface area contributed by atoms with Crippen LogP contribution in [-0.2, 0) is 14.6 Å². The highest BCUT2D eigenvalue weighted by Gasteiger charge is 2.24. The van der Waals surface area contributed by atoms with Crippen molar-refractivity contribution in [1.82, 2.24) is 10.6 Å². The lowest BCUT2D eigenvalue weighted by molar-refractivity contribution is -0.119. The van der Waals surface area contributed by atoms with Crippen molar-refractivity contribution in [3.05, 3.63) is 0 Å². The summed E-state index contributed by atoms with van der Waals surface area (Å²) in [6, 6.07) is 0.0482. The van der Waals surface area contributed by atoms with Gasteiger partial charge in [0, 0.05) is 12.6 Å². The molecular weight excluding hydrogens is 300 g/mol. The fraction of sp³-hybridized carbons (Fsp3) is 0.923. The molecule has 0 saturated carbocycles. The smallest absolute Gasteiger partial charge is 0.235 e. The first kappa shape index (κ1) is 19.7. The fourth-order valence-electron chi connectivity index (χ4n) is 2.28. The zero-order valence-electron chi connectivity index (χ0n) is 12.4. The van der Waals surface area contributed by atoms with E-state index in [0.717, 1.165) is 32.4 Å². The van der Waals surface area contributed by atoms with E-state index in [2.05, 4.69) is 17.6 Å². The molecule has 0 aromatic heterocycles. The molecule has 20 heavy (non-hydrogen) atoms. The van der Waals surface area contributed by atoms with Gasteiger partial charge in [-0.05, 0) is 25.3 Å². The predicted octanol–water partition coefficient (Wildman–Crippen LogP) is 1.13. The number of amides is 1. The van der Waals surface area contributed by atoms with Gasteiger partial charge in [0.1, 0.15) is 5.75 Å². The second-order valence-electron chi connectivity index (χ2n) is 5.44. The number of sulfone groups is 1. The van der Waals surface area contributed by atoms with Crippen LogP contribution >= 0.6 is 12.4 Å². The van der Waals surface area contributed by atoms with E-state index in [1.807, 2.05) is 6.92 Å². The fourth-order valence-corrected chi connectivity index (χ4v) is 3.55. The van der Waals surface area contributed by atoms with Gasteiger partial charge in [-0.2, -0.15) is 0 Å². The van der Waals surface area contributed by atoms with Crippen LogP contribution in [0.25, 0.3) is 0 Å². The number of carbonyl (C=O) groups excluding carboxylic acids is 1. The third-order valence-corrected chi connectivity index (χ3v) is 5.20. The van der Waals surface area contributed by atoms with Gasteiger partial charge in [0.05, 0.1) is 5.75 Å². The summed E-state index contributed by atoms with van der Waals surface area (Å²) in [7, 11) is -3.25. The molecule has 2 unspecified atom stereocenters. The number of hydrogen-bond acceptors (Lipinski definition) is 4. The maximum atomic E-state index is 11.8. The van der Waals surface area contributed by atoms with Crippen molar-refractivity contribution < 1.29 is 13.2 Å². The van der Waals surface area contributed by atoms with Gasteiger partial charge in [0.25, 0.3) is 0 Å². The largest absolute Gasteiger partial charge is 0.351 e. The summed E-state index contributed by atoms with van der Waals surface area (Å²) in [4.78, 5) is 11.8. The van der Waals surface area contributed by atoms with Gasteiger partial charge in [-0.15, -0.1) is 12.4 Å². The summed E-state index contributed by atoms with van der Waals surface area (Å²) in [6.45, 7) is 5.80. The molecule has 5 nitrogen and oxygen atoms in total. The van der Waals surface area contributed by atoms with E-state index in [-0.39, 0.29) is 35.9 Å². The van der Waals surface area contributed by atoms with Gasteiger partial charge in [0.15, 0.2) is 9.84 Å². The number of hydrogen-bond donors (Lipinski definition) is 2. The van der Waals surface area contributed by atoms with Crippen molar-refractivity contribution in [3.63, 3.8) is 0 Å². The third-order valence-electron chi connectivity index (χ3n) is 3.58. The van der Waals surface area contributed by atoms with Crippen LogP contribution in [0.15, 0.2) is 0 Å². The van der Waals surface area contributed by atoms with E-state index in [9.17, 15) is 13.2 Å². The molecule has 0 radical (unpaired) electrons. The normalized spacial score (nSPS) is 22.9. The molecule has 1 amide bonds. The molecule has 2 N–H and O–H groups in total. The molecule has 0 aliphatic carbocycles. The van der Waals surface area contributed by atoms with Crippen LogP contribution in [-0.4, -0.2) is 45.0 Å². The van der Waals surface area contributed by atoms with Crippen molar-refractivity contribution in [2.75, 3.05) is 24.6 Å². The molecule has 7 heteroatoms. The Labute approximate surface area is 128 Å². The number of carbonyl (C=O) groups is 1. The molecule has 2 atom stereocenters. The zero-order valence-corrected chi connectivity index (χ0v) is 14.0. The van der Waals surface area contributed by atoms with E-state index >= 15 is 0 Å². The quantitative estimate of drug-likeness (QED) is 0.688. The summed E-state index contributed by atoms with van der Waals surface area (Å²) >= 11 is 0. The molecule has 1 fully saturated rings. The topological polar surface area (TPSA) is 75.3 Å². The minimum absolute atomic E-state index is 0. The molecule has 1 rings (SSSR count). The minimum Gasteiger partial charge on any atom is -0.351 e. The first-order valence-electron chi connectivity index (χ1n) is 7.15. The van der Waals surface area contributed by atoms with Crippen LogP contribution in [0.4, 0.5) is 0 Å². The molecule has 1 aliphatic heterocycles. The SMILES string of the molecule is CCCCCS(=O)(=O)CC(=O)NC1CNCCC1C.Cl. The Morgan fingerprint density at radius 1 is 1.35 bits per heavy atom. The Morgan fingerprint density at radius 2 is 2.05 bits per heavy atom. The highest BCUT2D eigenvalue weighted by Crippen LogP contribution is 2.11. The van der Waals surface area contributed by atoms with Crippen molar-refractivity contribution in [1.29, 1.82) is 0 Å². The van der Waals surface area contributed by atoms with Crippen LogP contribution in [0.5, 0.6) is 0 Å². The highest BCUT2D eigenvalue weighted by molar-refractivity contribution is 7.92. The Kier molecular flexibility index (Phi) is 9.42. The first-order valence-corrected chi connectivity index (χ1v) is 8.97. The van der Waals surface area contributed by atoms with Crippen molar-refractivity contribution in [3.8, 4) is 0 Å². The van der Waals surface area contributed by atoms with Gasteiger partial charge >= 0.3 is 0 Å². The van der Waals surface area contributed by atoms with Crippen molar-refractivity contribution in [2.45, 2.75) is 45.6 Å². The predicted molar refractivity (Wildman–Crippen MR) is 84.0 cm³/mol. The van der Waals surface area contributed by atoms with Crippen molar-refractivity contribution >= 4 is 28.2 Å².